The van der Waals surface area contributed by atoms with Gasteiger partial charge in [0.05, 0.1) is 12.8 Å². The van der Waals surface area contributed by atoms with Crippen LogP contribution in [0.15, 0.2) is 16.7 Å². The molecule has 0 amide bonds. The van der Waals surface area contributed by atoms with Gasteiger partial charge in [0.2, 0.25) is 0 Å². The van der Waals surface area contributed by atoms with Gasteiger partial charge in [0.15, 0.2) is 0 Å². The molecule has 0 bridgehead atoms. The van der Waals surface area contributed by atoms with Crippen LogP contribution in [0.3, 0.4) is 0 Å². The molecule has 2 N–H and O–H groups in total. The first-order chi connectivity index (χ1) is 8.00. The van der Waals surface area contributed by atoms with Crippen molar-refractivity contribution in [2.45, 2.75) is 45.7 Å². The van der Waals surface area contributed by atoms with Crippen LogP contribution >= 0.6 is 0 Å². The third-order valence-corrected chi connectivity index (χ3v) is 3.74. The number of carboxylic acid groups (broad SMARTS) is 1. The number of aromatic carboxylic acids is 1. The topological polar surface area (TPSA) is 62.5 Å². The molecule has 1 saturated carbocycles. The predicted octanol–water partition coefficient (Wildman–Crippen LogP) is 2.65. The molecule has 0 saturated heterocycles. The van der Waals surface area contributed by atoms with Crippen molar-refractivity contribution in [2.24, 2.45) is 5.41 Å². The highest BCUT2D eigenvalue weighted by Crippen LogP contribution is 2.37. The van der Waals surface area contributed by atoms with Gasteiger partial charge in [0.1, 0.15) is 11.3 Å². The molecule has 0 radical (unpaired) electrons. The largest absolute Gasteiger partial charge is 0.478 e. The zero-order valence-corrected chi connectivity index (χ0v) is 10.3. The molecule has 1 aliphatic carbocycles. The molecule has 1 fully saturated rings. The Kier molecular flexibility index (Phi) is 3.24. The van der Waals surface area contributed by atoms with Crippen molar-refractivity contribution in [2.75, 3.05) is 0 Å². The Balaban J connectivity index is 1.98. The van der Waals surface area contributed by atoms with Crippen LogP contribution in [0.5, 0.6) is 0 Å². The van der Waals surface area contributed by atoms with Gasteiger partial charge in [-0.2, -0.15) is 0 Å². The second-order valence-electron chi connectivity index (χ2n) is 5.38. The lowest BCUT2D eigenvalue weighted by Crippen LogP contribution is -2.37. The van der Waals surface area contributed by atoms with Crippen molar-refractivity contribution in [1.29, 1.82) is 0 Å². The summed E-state index contributed by atoms with van der Waals surface area (Å²) in [4.78, 5) is 10.9. The Labute approximate surface area is 101 Å². The molecule has 1 atom stereocenters. The molecule has 1 aromatic rings. The van der Waals surface area contributed by atoms with E-state index in [4.69, 9.17) is 9.52 Å². The molecule has 94 valence electrons. The molecule has 4 heteroatoms. The van der Waals surface area contributed by atoms with Gasteiger partial charge in [-0.3, -0.25) is 0 Å². The lowest BCUT2D eigenvalue weighted by molar-refractivity contribution is 0.0694. The van der Waals surface area contributed by atoms with Gasteiger partial charge in [0.25, 0.3) is 0 Å². The number of hydrogen-bond acceptors (Lipinski definition) is 3. The lowest BCUT2D eigenvalue weighted by Gasteiger charge is -2.27. The molecule has 1 aliphatic rings. The van der Waals surface area contributed by atoms with Crippen LogP contribution in [0.1, 0.15) is 49.2 Å². The fourth-order valence-electron chi connectivity index (χ4n) is 2.59. The number of carboxylic acids is 1. The summed E-state index contributed by atoms with van der Waals surface area (Å²) in [5, 5.41) is 12.4. The molecule has 1 heterocycles. The number of rotatable bonds is 4. The zero-order valence-electron chi connectivity index (χ0n) is 10.3. The normalized spacial score (nSPS) is 22.8. The fourth-order valence-corrected chi connectivity index (χ4v) is 2.59. The molecular weight excluding hydrogens is 218 g/mol. The second-order valence-corrected chi connectivity index (χ2v) is 5.38. The smallest absolute Gasteiger partial charge is 0.339 e. The summed E-state index contributed by atoms with van der Waals surface area (Å²) in [6, 6.07) is 1.94. The molecule has 2 rings (SSSR count). The highest BCUT2D eigenvalue weighted by atomic mass is 16.4. The van der Waals surface area contributed by atoms with Gasteiger partial charge >= 0.3 is 5.97 Å². The summed E-state index contributed by atoms with van der Waals surface area (Å²) >= 11 is 0. The van der Waals surface area contributed by atoms with Crippen LogP contribution in [0.25, 0.3) is 0 Å². The van der Waals surface area contributed by atoms with Gasteiger partial charge in [0, 0.05) is 6.04 Å². The highest BCUT2D eigenvalue weighted by molar-refractivity contribution is 5.88. The van der Waals surface area contributed by atoms with Crippen molar-refractivity contribution in [3.05, 3.63) is 23.7 Å². The Morgan fingerprint density at radius 3 is 3.00 bits per heavy atom. The first-order valence-corrected chi connectivity index (χ1v) is 6.04. The standard InChI is InChI=1S/C13H19NO3/c1-13(2)6-3-4-11(13)14-8-10-9(12(15)16)5-7-17-10/h5,7,11,14H,3-4,6,8H2,1-2H3,(H,15,16). The predicted molar refractivity (Wildman–Crippen MR) is 63.9 cm³/mol. The van der Waals surface area contributed by atoms with Crippen LogP contribution in [0.4, 0.5) is 0 Å². The van der Waals surface area contributed by atoms with E-state index in [1.165, 1.54) is 25.2 Å². The van der Waals surface area contributed by atoms with E-state index in [9.17, 15) is 4.79 Å². The maximum Gasteiger partial charge on any atom is 0.339 e. The van der Waals surface area contributed by atoms with E-state index in [2.05, 4.69) is 19.2 Å². The quantitative estimate of drug-likeness (QED) is 0.845. The summed E-state index contributed by atoms with van der Waals surface area (Å²) in [5.41, 5.74) is 0.545. The van der Waals surface area contributed by atoms with Crippen LogP contribution in [0.2, 0.25) is 0 Å². The summed E-state index contributed by atoms with van der Waals surface area (Å²) in [7, 11) is 0. The average molecular weight is 237 g/mol. The zero-order chi connectivity index (χ0) is 12.5. The van der Waals surface area contributed by atoms with E-state index in [1.807, 2.05) is 0 Å². The molecule has 1 unspecified atom stereocenters. The van der Waals surface area contributed by atoms with E-state index in [0.29, 0.717) is 18.3 Å². The number of furan rings is 1. The van der Waals surface area contributed by atoms with Gasteiger partial charge in [-0.25, -0.2) is 4.79 Å². The van der Waals surface area contributed by atoms with Crippen molar-refractivity contribution >= 4 is 5.97 Å². The maximum absolute atomic E-state index is 10.9. The highest BCUT2D eigenvalue weighted by Gasteiger charge is 2.34. The van der Waals surface area contributed by atoms with Crippen molar-refractivity contribution in [3.8, 4) is 0 Å². The van der Waals surface area contributed by atoms with Crippen molar-refractivity contribution in [1.82, 2.24) is 5.32 Å². The van der Waals surface area contributed by atoms with Crippen LogP contribution in [0, 0.1) is 5.41 Å². The van der Waals surface area contributed by atoms with Crippen molar-refractivity contribution in [3.63, 3.8) is 0 Å². The van der Waals surface area contributed by atoms with E-state index in [0.717, 1.165) is 6.42 Å². The van der Waals surface area contributed by atoms with Gasteiger partial charge in [-0.05, 0) is 24.3 Å². The Morgan fingerprint density at radius 2 is 2.41 bits per heavy atom. The average Bonchev–Trinajstić information content (AvgIpc) is 2.81. The van der Waals surface area contributed by atoms with Crippen LogP contribution < -0.4 is 5.32 Å². The Hall–Kier alpha value is -1.29. The Morgan fingerprint density at radius 1 is 1.65 bits per heavy atom. The summed E-state index contributed by atoms with van der Waals surface area (Å²) < 4.78 is 5.21. The molecule has 0 aliphatic heterocycles. The third kappa shape index (κ3) is 2.52. The van der Waals surface area contributed by atoms with Crippen molar-refractivity contribution < 1.29 is 14.3 Å². The van der Waals surface area contributed by atoms with E-state index < -0.39 is 5.97 Å². The SMILES string of the molecule is CC1(C)CCCC1NCc1occc1C(=O)O. The van der Waals surface area contributed by atoms with Crippen LogP contribution in [-0.2, 0) is 6.54 Å². The minimum absolute atomic E-state index is 0.258. The van der Waals surface area contributed by atoms with E-state index in [-0.39, 0.29) is 11.0 Å². The summed E-state index contributed by atoms with van der Waals surface area (Å²) in [6.45, 7) is 4.98. The minimum Gasteiger partial charge on any atom is -0.478 e. The van der Waals surface area contributed by atoms with E-state index in [1.54, 1.807) is 0 Å². The molecule has 1 aromatic heterocycles. The second kappa shape index (κ2) is 4.53. The lowest BCUT2D eigenvalue weighted by atomic mass is 9.87. The monoisotopic (exact) mass is 237 g/mol. The summed E-state index contributed by atoms with van der Waals surface area (Å²) in [5.74, 6) is -0.415. The Bertz CT molecular complexity index is 409. The van der Waals surface area contributed by atoms with Gasteiger partial charge in [-0.1, -0.05) is 20.3 Å². The fraction of sp³-hybridized carbons (Fsp3) is 0.615. The molecule has 4 nitrogen and oxygen atoms in total. The first kappa shape index (κ1) is 12.2. The number of nitrogens with one attached hydrogen (secondary N) is 1. The molecular formula is C13H19NO3. The maximum atomic E-state index is 10.9. The number of carbonyl (C=O) groups is 1. The minimum atomic E-state index is -0.929. The summed E-state index contributed by atoms with van der Waals surface area (Å²) in [6.07, 6.45) is 5.03. The van der Waals surface area contributed by atoms with Gasteiger partial charge in [-0.15, -0.1) is 0 Å². The first-order valence-electron chi connectivity index (χ1n) is 6.04. The molecule has 0 aromatic carbocycles. The van der Waals surface area contributed by atoms with E-state index >= 15 is 0 Å². The van der Waals surface area contributed by atoms with Crippen LogP contribution in [-0.4, -0.2) is 17.1 Å². The number of hydrogen-bond donors (Lipinski definition) is 2. The third-order valence-electron chi connectivity index (χ3n) is 3.74. The molecule has 0 spiro atoms. The molecule has 17 heavy (non-hydrogen) atoms. The van der Waals surface area contributed by atoms with Gasteiger partial charge < -0.3 is 14.8 Å².